The number of hydrogen-bond donors (Lipinski definition) is 4. The molecule has 6 nitrogen and oxygen atoms in total. The number of carbonyl (C=O) groups excluding carboxylic acids is 1. The van der Waals surface area contributed by atoms with Gasteiger partial charge in [-0.3, -0.25) is 10.2 Å². The fraction of sp³-hybridized carbons (Fsp3) is 0.250. The summed E-state index contributed by atoms with van der Waals surface area (Å²) < 4.78 is 0. The summed E-state index contributed by atoms with van der Waals surface area (Å²) in [6.45, 7) is 3.79. The zero-order valence-corrected chi connectivity index (χ0v) is 12.7. The van der Waals surface area contributed by atoms with Gasteiger partial charge in [0.05, 0.1) is 16.5 Å². The molecule has 1 aromatic carbocycles. The van der Waals surface area contributed by atoms with Crippen LogP contribution in [-0.4, -0.2) is 22.8 Å². The first-order valence-corrected chi connectivity index (χ1v) is 7.03. The number of nitrogens with zero attached hydrogens (tertiary/aromatic N) is 1. The Labute approximate surface area is 126 Å². The number of nitrogens with two attached hydrogens (primary N) is 2. The first-order valence-electron chi connectivity index (χ1n) is 5.67. The van der Waals surface area contributed by atoms with Crippen LogP contribution < -0.4 is 16.8 Å². The summed E-state index contributed by atoms with van der Waals surface area (Å²) in [5, 5.41) is 10.5. The number of thioether (sulfide) groups is 1. The molecular weight excluding hydrogens is 298 g/mol. The van der Waals surface area contributed by atoms with Crippen molar-refractivity contribution in [3.8, 4) is 0 Å². The van der Waals surface area contributed by atoms with Crippen LogP contribution in [0.3, 0.4) is 0 Å². The van der Waals surface area contributed by atoms with Crippen molar-refractivity contribution in [3.05, 3.63) is 28.3 Å². The molecule has 1 rings (SSSR count). The molecule has 0 heterocycles. The van der Waals surface area contributed by atoms with Crippen molar-refractivity contribution in [1.82, 2.24) is 0 Å². The van der Waals surface area contributed by atoms with Gasteiger partial charge in [0, 0.05) is 0 Å². The molecule has 0 saturated carbocycles. The second-order valence-electron chi connectivity index (χ2n) is 4.12. The molecule has 108 valence electrons. The van der Waals surface area contributed by atoms with Crippen molar-refractivity contribution < 1.29 is 4.79 Å². The zero-order chi connectivity index (χ0) is 15.3. The quantitative estimate of drug-likeness (QED) is 0.503. The first kappa shape index (κ1) is 16.3. The average molecular weight is 314 g/mol. The summed E-state index contributed by atoms with van der Waals surface area (Å²) >= 11 is 7.02. The summed E-state index contributed by atoms with van der Waals surface area (Å²) in [6.07, 6.45) is 0. The Morgan fingerprint density at radius 3 is 2.65 bits per heavy atom. The van der Waals surface area contributed by atoms with E-state index in [1.807, 2.05) is 19.9 Å². The summed E-state index contributed by atoms with van der Waals surface area (Å²) in [7, 11) is 0. The van der Waals surface area contributed by atoms with Crippen molar-refractivity contribution in [2.24, 2.45) is 16.5 Å². The number of aliphatic imine (C=N–C) groups is 1. The van der Waals surface area contributed by atoms with E-state index in [2.05, 4.69) is 10.3 Å². The number of guanidine groups is 1. The Morgan fingerprint density at radius 2 is 2.10 bits per heavy atom. The molecule has 0 saturated heterocycles. The standard InChI is InChI=1S/C12H16ClN5OS/c1-6-3-7(2)10(8(13)4-6)17-9(19)5-20-12(16)18-11(14)15/h3-4H,5H2,1-2H3,(H,17,19)(H5,14,15,16,18). The minimum Gasteiger partial charge on any atom is -0.370 e. The molecule has 0 fully saturated rings. The smallest absolute Gasteiger partial charge is 0.234 e. The second-order valence-corrected chi connectivity index (χ2v) is 5.49. The molecule has 1 amide bonds. The Balaban J connectivity index is 2.64. The zero-order valence-electron chi connectivity index (χ0n) is 11.2. The van der Waals surface area contributed by atoms with Crippen LogP contribution in [0, 0.1) is 19.3 Å². The molecule has 0 unspecified atom stereocenters. The van der Waals surface area contributed by atoms with Crippen molar-refractivity contribution in [2.45, 2.75) is 13.8 Å². The molecule has 0 spiro atoms. The lowest BCUT2D eigenvalue weighted by Gasteiger charge is -2.11. The monoisotopic (exact) mass is 313 g/mol. The van der Waals surface area contributed by atoms with E-state index in [1.54, 1.807) is 6.07 Å². The molecule has 0 bridgehead atoms. The maximum atomic E-state index is 11.8. The van der Waals surface area contributed by atoms with Crippen LogP contribution in [0.2, 0.25) is 5.02 Å². The van der Waals surface area contributed by atoms with Gasteiger partial charge in [-0.15, -0.1) is 0 Å². The highest BCUT2D eigenvalue weighted by molar-refractivity contribution is 8.14. The van der Waals surface area contributed by atoms with E-state index in [4.69, 9.17) is 28.5 Å². The van der Waals surface area contributed by atoms with Crippen molar-refractivity contribution >= 4 is 46.1 Å². The van der Waals surface area contributed by atoms with Crippen LogP contribution in [0.1, 0.15) is 11.1 Å². The number of nitrogens with one attached hydrogen (secondary N) is 2. The first-order chi connectivity index (χ1) is 9.29. The van der Waals surface area contributed by atoms with E-state index in [0.717, 1.165) is 22.9 Å². The van der Waals surface area contributed by atoms with E-state index in [-0.39, 0.29) is 22.8 Å². The summed E-state index contributed by atoms with van der Waals surface area (Å²) in [5.41, 5.74) is 12.8. The van der Waals surface area contributed by atoms with Crippen LogP contribution in [0.15, 0.2) is 17.1 Å². The van der Waals surface area contributed by atoms with Gasteiger partial charge in [0.2, 0.25) is 5.91 Å². The SMILES string of the molecule is Cc1cc(C)c(NC(=O)CSC(=N)N=C(N)N)c(Cl)c1. The fourth-order valence-corrected chi connectivity index (χ4v) is 2.41. The van der Waals surface area contributed by atoms with Crippen LogP contribution in [0.5, 0.6) is 0 Å². The fourth-order valence-electron chi connectivity index (χ4n) is 1.53. The summed E-state index contributed by atoms with van der Waals surface area (Å²) in [4.78, 5) is 15.3. The Hall–Kier alpha value is -1.73. The number of aryl methyl sites for hydroxylation is 2. The van der Waals surface area contributed by atoms with E-state index in [9.17, 15) is 4.79 Å². The molecular formula is C12H16ClN5OS. The number of amidine groups is 1. The minimum absolute atomic E-state index is 0.0270. The van der Waals surface area contributed by atoms with Crippen molar-refractivity contribution in [3.63, 3.8) is 0 Å². The summed E-state index contributed by atoms with van der Waals surface area (Å²) in [5.74, 6) is -0.459. The predicted octanol–water partition coefficient (Wildman–Crippen LogP) is 1.84. The minimum atomic E-state index is -0.278. The number of carbonyl (C=O) groups is 1. The number of rotatable bonds is 3. The maximum absolute atomic E-state index is 11.8. The topological polar surface area (TPSA) is 117 Å². The van der Waals surface area contributed by atoms with Gasteiger partial charge < -0.3 is 16.8 Å². The van der Waals surface area contributed by atoms with Gasteiger partial charge in [-0.1, -0.05) is 29.4 Å². The Bertz CT molecular complexity index is 546. The van der Waals surface area contributed by atoms with Gasteiger partial charge in [-0.2, -0.15) is 4.99 Å². The van der Waals surface area contributed by atoms with Crippen LogP contribution in [0.25, 0.3) is 0 Å². The van der Waals surface area contributed by atoms with Gasteiger partial charge in [0.1, 0.15) is 0 Å². The number of halogens is 1. The third-order valence-corrected chi connectivity index (χ3v) is 3.34. The van der Waals surface area contributed by atoms with Gasteiger partial charge in [0.15, 0.2) is 11.1 Å². The molecule has 0 aromatic heterocycles. The Kier molecular flexibility index (Phi) is 5.84. The van der Waals surface area contributed by atoms with Gasteiger partial charge in [-0.25, -0.2) is 0 Å². The molecule has 0 radical (unpaired) electrons. The molecule has 0 aliphatic carbocycles. The average Bonchev–Trinajstić information content (AvgIpc) is 2.30. The van der Waals surface area contributed by atoms with Gasteiger partial charge in [0.25, 0.3) is 0 Å². The van der Waals surface area contributed by atoms with Gasteiger partial charge >= 0.3 is 0 Å². The lowest BCUT2D eigenvalue weighted by atomic mass is 10.1. The van der Waals surface area contributed by atoms with Crippen LogP contribution >= 0.6 is 23.4 Å². The molecule has 0 atom stereocenters. The molecule has 0 aliphatic rings. The van der Waals surface area contributed by atoms with Gasteiger partial charge in [-0.05, 0) is 31.0 Å². The molecule has 8 heteroatoms. The van der Waals surface area contributed by atoms with Crippen LogP contribution in [0.4, 0.5) is 5.69 Å². The van der Waals surface area contributed by atoms with E-state index in [1.165, 1.54) is 0 Å². The third-order valence-electron chi connectivity index (χ3n) is 2.27. The number of hydrogen-bond acceptors (Lipinski definition) is 3. The van der Waals surface area contributed by atoms with Crippen LogP contribution in [-0.2, 0) is 4.79 Å². The van der Waals surface area contributed by atoms with Crippen molar-refractivity contribution in [2.75, 3.05) is 11.1 Å². The normalized spacial score (nSPS) is 9.95. The van der Waals surface area contributed by atoms with E-state index < -0.39 is 0 Å². The number of amides is 1. The lowest BCUT2D eigenvalue weighted by molar-refractivity contribution is -0.113. The van der Waals surface area contributed by atoms with E-state index in [0.29, 0.717) is 10.7 Å². The third kappa shape index (κ3) is 5.10. The number of benzene rings is 1. The molecule has 1 aromatic rings. The predicted molar refractivity (Wildman–Crippen MR) is 85.6 cm³/mol. The molecule has 0 aliphatic heterocycles. The lowest BCUT2D eigenvalue weighted by Crippen LogP contribution is -2.24. The molecule has 20 heavy (non-hydrogen) atoms. The highest BCUT2D eigenvalue weighted by atomic mass is 35.5. The largest absolute Gasteiger partial charge is 0.370 e. The second kappa shape index (κ2) is 7.16. The Morgan fingerprint density at radius 1 is 1.45 bits per heavy atom. The van der Waals surface area contributed by atoms with Crippen molar-refractivity contribution in [1.29, 1.82) is 5.41 Å². The summed E-state index contributed by atoms with van der Waals surface area (Å²) in [6, 6.07) is 3.70. The maximum Gasteiger partial charge on any atom is 0.234 e. The number of anilines is 1. The highest BCUT2D eigenvalue weighted by Gasteiger charge is 2.10. The molecule has 6 N–H and O–H groups in total. The van der Waals surface area contributed by atoms with E-state index >= 15 is 0 Å². The highest BCUT2D eigenvalue weighted by Crippen LogP contribution is 2.27.